The monoisotopic (exact) mass is 284 g/mol. The third-order valence-corrected chi connectivity index (χ3v) is 4.63. The number of aldehydes is 1. The van der Waals surface area contributed by atoms with Crippen LogP contribution in [-0.2, 0) is 9.53 Å². The van der Waals surface area contributed by atoms with Gasteiger partial charge in [-0.05, 0) is 24.7 Å². The Morgan fingerprint density at radius 3 is 2.10 bits per heavy atom. The van der Waals surface area contributed by atoms with Crippen LogP contribution in [0, 0.1) is 17.8 Å². The molecule has 0 amide bonds. The van der Waals surface area contributed by atoms with E-state index in [2.05, 4.69) is 27.7 Å². The molecule has 0 rings (SSSR count). The highest BCUT2D eigenvalue weighted by Gasteiger charge is 2.31. The van der Waals surface area contributed by atoms with Crippen molar-refractivity contribution in [1.29, 1.82) is 0 Å². The van der Waals surface area contributed by atoms with E-state index in [1.54, 1.807) is 7.11 Å². The van der Waals surface area contributed by atoms with Gasteiger partial charge in [0.2, 0.25) is 0 Å². The zero-order valence-electron chi connectivity index (χ0n) is 14.4. The number of unbranched alkanes of at least 4 members (excludes halogenated alkanes) is 3. The van der Waals surface area contributed by atoms with Crippen LogP contribution >= 0.6 is 0 Å². The Morgan fingerprint density at radius 2 is 1.65 bits per heavy atom. The van der Waals surface area contributed by atoms with Gasteiger partial charge in [-0.2, -0.15) is 0 Å². The summed E-state index contributed by atoms with van der Waals surface area (Å²) < 4.78 is 5.73. The first-order chi connectivity index (χ1) is 9.65. The summed E-state index contributed by atoms with van der Waals surface area (Å²) in [5.74, 6) is 1.01. The summed E-state index contributed by atoms with van der Waals surface area (Å²) in [5.41, 5.74) is 0. The molecule has 0 N–H and O–H groups in total. The topological polar surface area (TPSA) is 26.3 Å². The Hall–Kier alpha value is -0.370. The molecule has 0 aliphatic heterocycles. The van der Waals surface area contributed by atoms with Gasteiger partial charge in [0.15, 0.2) is 0 Å². The molecule has 120 valence electrons. The minimum Gasteiger partial charge on any atom is -0.380 e. The molecule has 0 aromatic rings. The third-order valence-electron chi connectivity index (χ3n) is 4.63. The number of carbonyl (C=O) groups excluding carboxylic acids is 1. The van der Waals surface area contributed by atoms with Crippen LogP contribution < -0.4 is 0 Å². The van der Waals surface area contributed by atoms with Crippen molar-refractivity contribution in [2.24, 2.45) is 17.8 Å². The van der Waals surface area contributed by atoms with Crippen LogP contribution in [0.3, 0.4) is 0 Å². The van der Waals surface area contributed by atoms with E-state index in [1.807, 2.05) is 0 Å². The standard InChI is InChI=1S/C18H36O2/c1-6-9-11-12-15(4)18(20-5)17(14-19)16(8-3)13-10-7-2/h14-18H,6-13H2,1-5H3. The Bertz CT molecular complexity index is 227. The van der Waals surface area contributed by atoms with Gasteiger partial charge in [0, 0.05) is 13.0 Å². The van der Waals surface area contributed by atoms with Crippen molar-refractivity contribution in [2.45, 2.75) is 85.2 Å². The van der Waals surface area contributed by atoms with Crippen molar-refractivity contribution >= 4 is 6.29 Å². The zero-order valence-corrected chi connectivity index (χ0v) is 14.4. The van der Waals surface area contributed by atoms with E-state index in [1.165, 1.54) is 38.5 Å². The fraction of sp³-hybridized carbons (Fsp3) is 0.944. The maximum Gasteiger partial charge on any atom is 0.125 e. The van der Waals surface area contributed by atoms with E-state index in [-0.39, 0.29) is 12.0 Å². The minimum absolute atomic E-state index is 0.0631. The lowest BCUT2D eigenvalue weighted by molar-refractivity contribution is -0.120. The molecule has 0 fully saturated rings. The second-order valence-electron chi connectivity index (χ2n) is 6.20. The summed E-state index contributed by atoms with van der Waals surface area (Å²) in [6.07, 6.45) is 10.8. The summed E-state index contributed by atoms with van der Waals surface area (Å²) in [5, 5.41) is 0. The second kappa shape index (κ2) is 12.4. The fourth-order valence-electron chi connectivity index (χ4n) is 3.24. The number of rotatable bonds is 13. The summed E-state index contributed by atoms with van der Waals surface area (Å²) in [6.45, 7) is 8.88. The number of carbonyl (C=O) groups is 1. The van der Waals surface area contributed by atoms with Crippen LogP contribution in [0.4, 0.5) is 0 Å². The average Bonchev–Trinajstić information content (AvgIpc) is 2.46. The van der Waals surface area contributed by atoms with Crippen LogP contribution in [-0.4, -0.2) is 19.5 Å². The van der Waals surface area contributed by atoms with Gasteiger partial charge >= 0.3 is 0 Å². The Balaban J connectivity index is 4.63. The number of methoxy groups -OCH3 is 1. The molecule has 4 unspecified atom stereocenters. The Kier molecular flexibility index (Phi) is 12.1. The molecule has 0 saturated carbocycles. The summed E-state index contributed by atoms with van der Waals surface area (Å²) in [7, 11) is 1.77. The summed E-state index contributed by atoms with van der Waals surface area (Å²) in [6, 6.07) is 0. The predicted octanol–water partition coefficient (Wildman–Crippen LogP) is 5.25. The largest absolute Gasteiger partial charge is 0.380 e. The number of hydrogen-bond donors (Lipinski definition) is 0. The maximum atomic E-state index is 11.6. The van der Waals surface area contributed by atoms with E-state index in [0.717, 1.165) is 19.1 Å². The molecule has 0 spiro atoms. The molecule has 2 nitrogen and oxygen atoms in total. The maximum absolute atomic E-state index is 11.6. The Labute approximate surface area is 126 Å². The highest BCUT2D eigenvalue weighted by Crippen LogP contribution is 2.30. The van der Waals surface area contributed by atoms with E-state index in [9.17, 15) is 4.79 Å². The van der Waals surface area contributed by atoms with Crippen LogP contribution in [0.25, 0.3) is 0 Å². The van der Waals surface area contributed by atoms with Gasteiger partial charge in [-0.25, -0.2) is 0 Å². The lowest BCUT2D eigenvalue weighted by Gasteiger charge is -2.32. The average molecular weight is 284 g/mol. The van der Waals surface area contributed by atoms with Gasteiger partial charge in [-0.1, -0.05) is 66.2 Å². The highest BCUT2D eigenvalue weighted by molar-refractivity contribution is 5.55. The Morgan fingerprint density at radius 1 is 1.00 bits per heavy atom. The molecule has 0 radical (unpaired) electrons. The summed E-state index contributed by atoms with van der Waals surface area (Å²) >= 11 is 0. The van der Waals surface area contributed by atoms with Gasteiger partial charge in [0.25, 0.3) is 0 Å². The first-order valence-corrected chi connectivity index (χ1v) is 8.64. The molecule has 0 bridgehead atoms. The quantitative estimate of drug-likeness (QED) is 0.341. The normalized spacial score (nSPS) is 17.4. The molecular formula is C18H36O2. The molecule has 4 atom stereocenters. The predicted molar refractivity (Wildman–Crippen MR) is 87.0 cm³/mol. The van der Waals surface area contributed by atoms with Crippen LogP contribution in [0.1, 0.15) is 79.1 Å². The van der Waals surface area contributed by atoms with Crippen LogP contribution in [0.5, 0.6) is 0 Å². The van der Waals surface area contributed by atoms with E-state index in [0.29, 0.717) is 11.8 Å². The first-order valence-electron chi connectivity index (χ1n) is 8.64. The van der Waals surface area contributed by atoms with Crippen molar-refractivity contribution < 1.29 is 9.53 Å². The van der Waals surface area contributed by atoms with Crippen molar-refractivity contribution in [1.82, 2.24) is 0 Å². The van der Waals surface area contributed by atoms with Gasteiger partial charge in [-0.15, -0.1) is 0 Å². The molecule has 0 saturated heterocycles. The molecule has 0 aromatic heterocycles. The first kappa shape index (κ1) is 19.6. The molecule has 0 aliphatic rings. The van der Waals surface area contributed by atoms with Crippen LogP contribution in [0.15, 0.2) is 0 Å². The van der Waals surface area contributed by atoms with Gasteiger partial charge < -0.3 is 9.53 Å². The highest BCUT2D eigenvalue weighted by atomic mass is 16.5. The van der Waals surface area contributed by atoms with Crippen molar-refractivity contribution in [3.8, 4) is 0 Å². The van der Waals surface area contributed by atoms with Crippen LogP contribution in [0.2, 0.25) is 0 Å². The van der Waals surface area contributed by atoms with Gasteiger partial charge in [-0.3, -0.25) is 0 Å². The van der Waals surface area contributed by atoms with Crippen molar-refractivity contribution in [3.63, 3.8) is 0 Å². The molecule has 20 heavy (non-hydrogen) atoms. The van der Waals surface area contributed by atoms with Crippen molar-refractivity contribution in [2.75, 3.05) is 7.11 Å². The molecule has 0 aromatic carbocycles. The molecular weight excluding hydrogens is 248 g/mol. The van der Waals surface area contributed by atoms with E-state index >= 15 is 0 Å². The molecule has 0 heterocycles. The van der Waals surface area contributed by atoms with E-state index < -0.39 is 0 Å². The molecule has 2 heteroatoms. The minimum atomic E-state index is 0.0631. The number of ether oxygens (including phenoxy) is 1. The zero-order chi connectivity index (χ0) is 15.4. The number of hydrogen-bond acceptors (Lipinski definition) is 2. The smallest absolute Gasteiger partial charge is 0.125 e. The molecule has 0 aliphatic carbocycles. The fourth-order valence-corrected chi connectivity index (χ4v) is 3.24. The summed E-state index contributed by atoms with van der Waals surface area (Å²) in [4.78, 5) is 11.6. The lowest BCUT2D eigenvalue weighted by Crippen LogP contribution is -2.35. The SMILES string of the molecule is CCCCCC(C)C(OC)C(C=O)C(CC)CCCC. The van der Waals surface area contributed by atoms with Gasteiger partial charge in [0.1, 0.15) is 6.29 Å². The van der Waals surface area contributed by atoms with Gasteiger partial charge in [0.05, 0.1) is 6.10 Å². The lowest BCUT2D eigenvalue weighted by atomic mass is 9.78. The third kappa shape index (κ3) is 6.88. The van der Waals surface area contributed by atoms with Crippen molar-refractivity contribution in [3.05, 3.63) is 0 Å². The van der Waals surface area contributed by atoms with E-state index in [4.69, 9.17) is 4.74 Å². The second-order valence-corrected chi connectivity index (χ2v) is 6.20.